The molecule has 0 saturated carbocycles. The molecular formula is C69H129NO13Si5. The minimum absolute atomic E-state index is 0.00305. The molecule has 14 nitrogen and oxygen atoms in total. The molecule has 8 aliphatic rings. The van der Waals surface area contributed by atoms with Crippen molar-refractivity contribution < 1.29 is 60.1 Å². The molecule has 0 aromatic rings. The molecule has 9 unspecified atom stereocenters. The Kier molecular flexibility index (Phi) is 24.3. The van der Waals surface area contributed by atoms with E-state index in [-0.39, 0.29) is 104 Å². The van der Waals surface area contributed by atoms with E-state index in [0.29, 0.717) is 45.3 Å². The molecule has 0 aromatic carbocycles. The topological polar surface area (TPSA) is 148 Å². The number of allylic oxidation sites excluding steroid dienone is 1. The Morgan fingerprint density at radius 1 is 0.693 bits per heavy atom. The van der Waals surface area contributed by atoms with E-state index in [1.165, 1.54) is 0 Å². The van der Waals surface area contributed by atoms with Gasteiger partial charge in [-0.15, -0.1) is 0 Å². The fourth-order valence-corrected chi connectivity index (χ4v) is 18.4. The van der Waals surface area contributed by atoms with Crippen LogP contribution in [0, 0.1) is 11.8 Å². The van der Waals surface area contributed by atoms with Gasteiger partial charge >= 0.3 is 0 Å². The fourth-order valence-electron chi connectivity index (χ4n) is 12.2. The van der Waals surface area contributed by atoms with Gasteiger partial charge in [-0.25, -0.2) is 0 Å². The first-order valence-electron chi connectivity index (χ1n) is 34.1. The van der Waals surface area contributed by atoms with Gasteiger partial charge in [-0.1, -0.05) is 123 Å². The molecule has 0 N–H and O–H groups in total. The fraction of sp³-hybridized carbons (Fsp3) is 0.899. The molecule has 508 valence electrons. The van der Waals surface area contributed by atoms with Crippen molar-refractivity contribution in [3.8, 4) is 0 Å². The lowest BCUT2D eigenvalue weighted by molar-refractivity contribution is -0.312. The number of carbonyl (C=O) groups excluding carboxylic acids is 2. The maximum absolute atomic E-state index is 15.2. The summed E-state index contributed by atoms with van der Waals surface area (Å²) in [7, 11) is -10.7. The summed E-state index contributed by atoms with van der Waals surface area (Å²) in [5, 5.41) is -0.607. The van der Waals surface area contributed by atoms with Crippen LogP contribution in [0.25, 0.3) is 0 Å². The minimum atomic E-state index is -2.78. The van der Waals surface area contributed by atoms with E-state index in [2.05, 4.69) is 190 Å². The Balaban J connectivity index is 1.46. The van der Waals surface area contributed by atoms with Crippen LogP contribution in [0.5, 0.6) is 0 Å². The third kappa shape index (κ3) is 18.0. The van der Waals surface area contributed by atoms with Crippen molar-refractivity contribution in [3.63, 3.8) is 0 Å². The predicted molar refractivity (Wildman–Crippen MR) is 370 cm³/mol. The third-order valence-electron chi connectivity index (χ3n) is 23.3. The zero-order valence-electron chi connectivity index (χ0n) is 61.0. The summed E-state index contributed by atoms with van der Waals surface area (Å²) in [6, 6.07) is 0. The number of ketones is 2. The predicted octanol–water partition coefficient (Wildman–Crippen LogP) is 16.6. The van der Waals surface area contributed by atoms with Gasteiger partial charge in [0.05, 0.1) is 68.1 Å². The van der Waals surface area contributed by atoms with Crippen molar-refractivity contribution in [3.05, 3.63) is 24.3 Å². The van der Waals surface area contributed by atoms with Crippen LogP contribution in [0.1, 0.15) is 188 Å². The molecule has 8 rings (SSSR count). The van der Waals surface area contributed by atoms with Crippen LogP contribution in [0.2, 0.25) is 90.7 Å². The summed E-state index contributed by atoms with van der Waals surface area (Å²) in [5.74, 6) is -0.0701. The smallest absolute Gasteiger partial charge is 0.212 e. The molecule has 19 heteroatoms. The van der Waals surface area contributed by atoms with Crippen LogP contribution < -0.4 is 0 Å². The van der Waals surface area contributed by atoms with Crippen molar-refractivity contribution in [1.82, 2.24) is 0 Å². The average Bonchev–Trinajstić information content (AvgIpc) is 0.917. The first-order chi connectivity index (χ1) is 39.9. The summed E-state index contributed by atoms with van der Waals surface area (Å²) >= 11 is 0. The van der Waals surface area contributed by atoms with Gasteiger partial charge in [0.2, 0.25) is 5.72 Å². The number of nitrogens with zero attached hydrogens (tertiary/aromatic N) is 1. The van der Waals surface area contributed by atoms with Crippen LogP contribution in [0.15, 0.2) is 29.3 Å². The van der Waals surface area contributed by atoms with Crippen LogP contribution in [-0.2, 0) is 60.1 Å². The largest absolute Gasteiger partial charge is 0.414 e. The molecule has 0 amide bonds. The molecule has 0 radical (unpaired) electrons. The van der Waals surface area contributed by atoms with E-state index < -0.39 is 83.9 Å². The lowest BCUT2D eigenvalue weighted by Crippen LogP contribution is -2.74. The molecule has 88 heavy (non-hydrogen) atoms. The average molecular weight is 1320 g/mol. The van der Waals surface area contributed by atoms with Gasteiger partial charge < -0.3 is 50.6 Å². The van der Waals surface area contributed by atoms with E-state index in [4.69, 9.17) is 55.5 Å². The SMILES string of the molecule is C=C1C[C@@H]2CCC(=O)/C=C/C(O[Si](C)(C)C(C)(C)C)C3O[C@H]4CCC(CC(=O)C[C@H]5[C@H](C)OC(C[C@@H](CO[Si](C)(C)C(C)(C)C)O[Si](C)(C)C(C)(C)C)[C@@H]5OC)OC4(/N=C4\COC(CCC1O2)C[C@H]4C)C(O[Si](C)(C)C(C)(C)C)C3O[Si](C)(C)C(C)(C)C. The second-order valence-corrected chi connectivity index (χ2v) is 59.2. The Bertz CT molecular complexity index is 2450. The lowest BCUT2D eigenvalue weighted by Gasteiger charge is -2.60. The zero-order valence-corrected chi connectivity index (χ0v) is 66.0. The minimum Gasteiger partial charge on any atom is -0.414 e. The molecule has 0 aliphatic carbocycles. The third-order valence-corrected chi connectivity index (χ3v) is 45.8. The van der Waals surface area contributed by atoms with Crippen LogP contribution >= 0.6 is 0 Å². The Hall–Kier alpha value is -0.866. The van der Waals surface area contributed by atoms with Crippen molar-refractivity contribution in [2.45, 2.75) is 364 Å². The first-order valence-corrected chi connectivity index (χ1v) is 48.6. The maximum Gasteiger partial charge on any atom is 0.212 e. The number of hydrogen-bond donors (Lipinski definition) is 0. The normalized spacial score (nSPS) is 34.6. The van der Waals surface area contributed by atoms with Crippen molar-refractivity contribution in [2.24, 2.45) is 16.8 Å². The molecule has 8 aliphatic heterocycles. The van der Waals surface area contributed by atoms with Gasteiger partial charge in [0.15, 0.2) is 47.4 Å². The highest BCUT2D eigenvalue weighted by molar-refractivity contribution is 6.76. The standard InChI is InChI=1S/C69H129NO13Si5/c1-45-38-50-33-36-56-46(2)39-51(77-56)32-30-48(71)31-35-57(81-86(24,25)66(10,11)12)61-62(82-87(26,27)67(13,14)15)63(83-88(28,29)68(16,17)18)69(70-55(45)44-74-50)59(78-61)37-34-52(79-69)40-49(72)41-54-47(3)76-58(60(54)73-19)42-53(80-85(22,23)65(7,8)9)43-75-84(20,21)64(4,5)6/h31,35,45,47,50-54,56-63H,2,30,32-34,36-44H2,1,3-29H3/b35-31+,70-55+/t45-,47+,50?,51+,52?,53+,54+,56?,57?,58?,59+,60-,61?,62?,63?,69?/m1/s1. The second kappa shape index (κ2) is 28.1. The number of carbonyl (C=O) groups is 2. The first kappa shape index (κ1) is 76.2. The summed E-state index contributed by atoms with van der Waals surface area (Å²) in [6.45, 7) is 66.4. The van der Waals surface area contributed by atoms with Gasteiger partial charge in [-0.3, -0.25) is 14.6 Å². The number of Topliss-reactive ketones (excluding diaryl/α,β-unsaturated/α-hetero) is 1. The molecular weight excluding hydrogens is 1190 g/mol. The molecule has 8 heterocycles. The number of ether oxygens (including phenoxy) is 6. The van der Waals surface area contributed by atoms with E-state index in [9.17, 15) is 4.79 Å². The Morgan fingerprint density at radius 3 is 1.84 bits per heavy atom. The second-order valence-electron chi connectivity index (χ2n) is 35.4. The van der Waals surface area contributed by atoms with Crippen molar-refractivity contribution >= 4 is 58.9 Å². The number of rotatable bonds is 18. The number of hydrogen-bond acceptors (Lipinski definition) is 14. The molecule has 0 aromatic heterocycles. The van der Waals surface area contributed by atoms with E-state index >= 15 is 4.79 Å². The number of aliphatic imine (C=N–C) groups is 1. The molecule has 5 saturated heterocycles. The van der Waals surface area contributed by atoms with Crippen molar-refractivity contribution in [2.75, 3.05) is 20.3 Å². The summed E-state index contributed by atoms with van der Waals surface area (Å²) in [6.07, 6.45) is 4.45. The van der Waals surface area contributed by atoms with E-state index in [1.807, 2.05) is 6.08 Å². The summed E-state index contributed by atoms with van der Waals surface area (Å²) in [5.41, 5.74) is 0.504. The quantitative estimate of drug-likeness (QED) is 0.0948. The van der Waals surface area contributed by atoms with Gasteiger partial charge in [-0.05, 0) is 160 Å². The van der Waals surface area contributed by atoms with Crippen LogP contribution in [0.3, 0.4) is 0 Å². The molecule has 16 atom stereocenters. The van der Waals surface area contributed by atoms with Crippen molar-refractivity contribution in [1.29, 1.82) is 0 Å². The zero-order chi connectivity index (χ0) is 66.6. The van der Waals surface area contributed by atoms with Gasteiger partial charge in [0.25, 0.3) is 0 Å². The molecule has 5 fully saturated rings. The highest BCUT2D eigenvalue weighted by Gasteiger charge is 2.66. The highest BCUT2D eigenvalue weighted by atomic mass is 28.4. The Labute approximate surface area is 541 Å². The molecule has 1 spiro atoms. The summed E-state index contributed by atoms with van der Waals surface area (Å²) < 4.78 is 80.2. The highest BCUT2D eigenvalue weighted by Crippen LogP contribution is 2.53. The number of methoxy groups -OCH3 is 1. The Morgan fingerprint density at radius 2 is 1.27 bits per heavy atom. The van der Waals surface area contributed by atoms with E-state index in [0.717, 1.165) is 37.0 Å². The monoisotopic (exact) mass is 1320 g/mol. The van der Waals surface area contributed by atoms with Crippen LogP contribution in [0.4, 0.5) is 0 Å². The lowest BCUT2D eigenvalue weighted by atomic mass is 9.81. The van der Waals surface area contributed by atoms with Gasteiger partial charge in [-0.2, -0.15) is 0 Å². The summed E-state index contributed by atoms with van der Waals surface area (Å²) in [4.78, 5) is 35.5. The number of fused-ring (bicyclic) bond motifs is 1. The molecule has 6 bridgehead atoms. The van der Waals surface area contributed by atoms with E-state index in [1.54, 1.807) is 13.2 Å². The van der Waals surface area contributed by atoms with Gasteiger partial charge in [0, 0.05) is 44.4 Å². The maximum atomic E-state index is 15.2. The van der Waals surface area contributed by atoms with Crippen LogP contribution in [-0.4, -0.2) is 164 Å². The van der Waals surface area contributed by atoms with Gasteiger partial charge in [0.1, 0.15) is 30.2 Å².